The molecule has 82 valence electrons. The minimum absolute atomic E-state index is 0.745. The summed E-state index contributed by atoms with van der Waals surface area (Å²) in [5, 5.41) is 8.65. The second kappa shape index (κ2) is 4.23. The first-order valence-corrected chi connectivity index (χ1v) is 5.25. The van der Waals surface area contributed by atoms with Crippen molar-refractivity contribution in [3.63, 3.8) is 0 Å². The molecule has 0 aliphatic rings. The maximum atomic E-state index is 8.65. The molecule has 0 amide bonds. The van der Waals surface area contributed by atoms with E-state index in [1.807, 2.05) is 13.0 Å². The Morgan fingerprint density at radius 1 is 1.50 bits per heavy atom. The van der Waals surface area contributed by atoms with Gasteiger partial charge in [0.05, 0.1) is 11.0 Å². The van der Waals surface area contributed by atoms with Crippen molar-refractivity contribution in [2.75, 3.05) is 13.6 Å². The Bertz CT molecular complexity index is 535. The molecule has 0 saturated carbocycles. The van der Waals surface area contributed by atoms with E-state index in [1.54, 1.807) is 11.9 Å². The van der Waals surface area contributed by atoms with Gasteiger partial charge in [0.1, 0.15) is 5.82 Å². The Hall–Kier alpha value is -2.02. The third-order valence-corrected chi connectivity index (χ3v) is 2.57. The van der Waals surface area contributed by atoms with E-state index in [0.717, 1.165) is 29.8 Å². The van der Waals surface area contributed by atoms with E-state index in [-0.39, 0.29) is 0 Å². The zero-order valence-corrected chi connectivity index (χ0v) is 9.49. The number of aromatic amines is 1. The number of aryl methyl sites for hydroxylation is 1. The number of fused-ring (bicyclic) bond motifs is 1. The number of likely N-dealkylation sites (N-methyl/N-ethyl adjacent to an activating group) is 1. The lowest BCUT2D eigenvalue weighted by Crippen LogP contribution is -2.14. The lowest BCUT2D eigenvalue weighted by Gasteiger charge is -2.07. The van der Waals surface area contributed by atoms with Gasteiger partial charge in [0.2, 0.25) is 0 Å². The van der Waals surface area contributed by atoms with Gasteiger partial charge in [-0.15, -0.1) is 0 Å². The summed E-state index contributed by atoms with van der Waals surface area (Å²) in [5.74, 6) is 0.932. The fourth-order valence-corrected chi connectivity index (χ4v) is 1.69. The van der Waals surface area contributed by atoms with Crippen molar-refractivity contribution in [2.45, 2.75) is 13.3 Å². The highest BCUT2D eigenvalue weighted by atomic mass is 15.1. The van der Waals surface area contributed by atoms with Crippen LogP contribution in [0.3, 0.4) is 0 Å². The summed E-state index contributed by atoms with van der Waals surface area (Å²) in [7, 11) is 1.79. The SMILES string of the molecule is Cc1nc2ccc(CCN(C)C#N)cc2[nH]1. The van der Waals surface area contributed by atoms with Crippen LogP contribution >= 0.6 is 0 Å². The molecule has 0 spiro atoms. The van der Waals surface area contributed by atoms with E-state index in [4.69, 9.17) is 5.26 Å². The first kappa shape index (κ1) is 10.5. The highest BCUT2D eigenvalue weighted by molar-refractivity contribution is 5.75. The number of hydrogen-bond acceptors (Lipinski definition) is 3. The lowest BCUT2D eigenvalue weighted by molar-refractivity contribution is 0.478. The van der Waals surface area contributed by atoms with Crippen LogP contribution in [-0.2, 0) is 6.42 Å². The first-order valence-electron chi connectivity index (χ1n) is 5.25. The van der Waals surface area contributed by atoms with E-state index >= 15 is 0 Å². The van der Waals surface area contributed by atoms with Crippen LogP contribution in [0.2, 0.25) is 0 Å². The average Bonchev–Trinajstić information content (AvgIpc) is 2.65. The quantitative estimate of drug-likeness (QED) is 0.626. The van der Waals surface area contributed by atoms with E-state index in [1.165, 1.54) is 5.56 Å². The standard InChI is InChI=1S/C12H14N4/c1-9-14-11-4-3-10(7-12(11)15-9)5-6-16(2)8-13/h3-4,7H,5-6H2,1-2H3,(H,14,15). The largest absolute Gasteiger partial charge is 0.342 e. The van der Waals surface area contributed by atoms with Crippen molar-refractivity contribution >= 4 is 11.0 Å². The summed E-state index contributed by atoms with van der Waals surface area (Å²) >= 11 is 0. The van der Waals surface area contributed by atoms with Crippen molar-refractivity contribution in [1.82, 2.24) is 14.9 Å². The molecule has 2 rings (SSSR count). The Labute approximate surface area is 94.5 Å². The molecular weight excluding hydrogens is 200 g/mol. The van der Waals surface area contributed by atoms with E-state index < -0.39 is 0 Å². The van der Waals surface area contributed by atoms with Crippen LogP contribution in [0.4, 0.5) is 0 Å². The van der Waals surface area contributed by atoms with Gasteiger partial charge in [-0.2, -0.15) is 5.26 Å². The normalized spacial score (nSPS) is 10.3. The summed E-state index contributed by atoms with van der Waals surface area (Å²) < 4.78 is 0. The van der Waals surface area contributed by atoms with Gasteiger partial charge in [-0.05, 0) is 31.0 Å². The highest BCUT2D eigenvalue weighted by Gasteiger charge is 2.01. The second-order valence-electron chi connectivity index (χ2n) is 3.95. The molecule has 0 atom stereocenters. The summed E-state index contributed by atoms with van der Waals surface area (Å²) in [6, 6.07) is 6.18. The molecular formula is C12H14N4. The number of benzene rings is 1. The minimum atomic E-state index is 0.745. The number of rotatable bonds is 3. The fraction of sp³-hybridized carbons (Fsp3) is 0.333. The molecule has 4 nitrogen and oxygen atoms in total. The number of nitriles is 1. The number of aromatic nitrogens is 2. The van der Waals surface area contributed by atoms with Crippen LogP contribution in [0.1, 0.15) is 11.4 Å². The third-order valence-electron chi connectivity index (χ3n) is 2.57. The van der Waals surface area contributed by atoms with Crippen LogP contribution in [0, 0.1) is 18.4 Å². The third kappa shape index (κ3) is 2.14. The molecule has 16 heavy (non-hydrogen) atoms. The van der Waals surface area contributed by atoms with E-state index in [9.17, 15) is 0 Å². The second-order valence-corrected chi connectivity index (χ2v) is 3.95. The number of imidazole rings is 1. The van der Waals surface area contributed by atoms with Gasteiger partial charge in [0.25, 0.3) is 0 Å². The number of hydrogen-bond donors (Lipinski definition) is 1. The predicted molar refractivity (Wildman–Crippen MR) is 62.8 cm³/mol. The van der Waals surface area contributed by atoms with Gasteiger partial charge in [0.15, 0.2) is 6.19 Å². The number of nitrogens with one attached hydrogen (secondary N) is 1. The van der Waals surface area contributed by atoms with Gasteiger partial charge in [-0.3, -0.25) is 0 Å². The van der Waals surface area contributed by atoms with Crippen LogP contribution in [-0.4, -0.2) is 28.5 Å². The highest BCUT2D eigenvalue weighted by Crippen LogP contribution is 2.13. The topological polar surface area (TPSA) is 55.7 Å². The Kier molecular flexibility index (Phi) is 2.78. The Morgan fingerprint density at radius 3 is 3.06 bits per heavy atom. The summed E-state index contributed by atoms with van der Waals surface area (Å²) in [6.07, 6.45) is 2.96. The number of H-pyrrole nitrogens is 1. The first-order chi connectivity index (χ1) is 7.69. The van der Waals surface area contributed by atoms with Crippen molar-refractivity contribution < 1.29 is 0 Å². The number of nitrogens with zero attached hydrogens (tertiary/aromatic N) is 3. The van der Waals surface area contributed by atoms with E-state index in [2.05, 4.69) is 28.3 Å². The minimum Gasteiger partial charge on any atom is -0.342 e. The lowest BCUT2D eigenvalue weighted by atomic mass is 10.1. The van der Waals surface area contributed by atoms with Crippen molar-refractivity contribution in [1.29, 1.82) is 5.26 Å². The summed E-state index contributed by atoms with van der Waals surface area (Å²) in [5.41, 5.74) is 3.28. The maximum Gasteiger partial charge on any atom is 0.179 e. The van der Waals surface area contributed by atoms with Crippen LogP contribution in [0.25, 0.3) is 11.0 Å². The van der Waals surface area contributed by atoms with Gasteiger partial charge >= 0.3 is 0 Å². The van der Waals surface area contributed by atoms with Gasteiger partial charge in [-0.1, -0.05) is 6.07 Å². The van der Waals surface area contributed by atoms with Gasteiger partial charge < -0.3 is 9.88 Å². The molecule has 0 aliphatic carbocycles. The van der Waals surface area contributed by atoms with E-state index in [0.29, 0.717) is 0 Å². The molecule has 1 heterocycles. The molecule has 0 fully saturated rings. The predicted octanol–water partition coefficient (Wildman–Crippen LogP) is 1.83. The van der Waals surface area contributed by atoms with Crippen LogP contribution in [0.15, 0.2) is 18.2 Å². The monoisotopic (exact) mass is 214 g/mol. The molecule has 0 saturated heterocycles. The van der Waals surface area contributed by atoms with Crippen molar-refractivity contribution in [3.8, 4) is 6.19 Å². The fourth-order valence-electron chi connectivity index (χ4n) is 1.69. The van der Waals surface area contributed by atoms with Gasteiger partial charge in [0, 0.05) is 13.6 Å². The van der Waals surface area contributed by atoms with Gasteiger partial charge in [-0.25, -0.2) is 4.98 Å². The zero-order valence-electron chi connectivity index (χ0n) is 9.49. The van der Waals surface area contributed by atoms with Crippen LogP contribution in [0.5, 0.6) is 0 Å². The molecule has 0 bridgehead atoms. The van der Waals surface area contributed by atoms with Crippen molar-refractivity contribution in [3.05, 3.63) is 29.6 Å². The smallest absolute Gasteiger partial charge is 0.179 e. The maximum absolute atomic E-state index is 8.65. The molecule has 4 heteroatoms. The van der Waals surface area contributed by atoms with Crippen molar-refractivity contribution in [2.24, 2.45) is 0 Å². The molecule has 0 radical (unpaired) electrons. The summed E-state index contributed by atoms with van der Waals surface area (Å²) in [6.45, 7) is 2.69. The molecule has 0 unspecified atom stereocenters. The molecule has 2 aromatic rings. The average molecular weight is 214 g/mol. The molecule has 1 aromatic heterocycles. The Morgan fingerprint density at radius 2 is 2.31 bits per heavy atom. The molecule has 0 aliphatic heterocycles. The zero-order chi connectivity index (χ0) is 11.5. The summed E-state index contributed by atoms with van der Waals surface area (Å²) in [4.78, 5) is 9.19. The van der Waals surface area contributed by atoms with Crippen LogP contribution < -0.4 is 0 Å². The molecule has 1 aromatic carbocycles. The Balaban J connectivity index is 2.16. The molecule has 1 N–H and O–H groups in total.